The number of amides is 1. The normalized spacial score (nSPS) is 16.2. The summed E-state index contributed by atoms with van der Waals surface area (Å²) in [6.07, 6.45) is 1.72. The Bertz CT molecular complexity index is 543. The van der Waals surface area contributed by atoms with Gasteiger partial charge < -0.3 is 20.7 Å². The van der Waals surface area contributed by atoms with Crippen LogP contribution in [-0.2, 0) is 9.53 Å². The number of anilines is 1. The van der Waals surface area contributed by atoms with Crippen LogP contribution in [0.1, 0.15) is 30.1 Å². The summed E-state index contributed by atoms with van der Waals surface area (Å²) < 4.78 is 4.72. The second kappa shape index (κ2) is 8.74. The standard InChI is InChI=1S/C16H23N3O3.ClH/c1-11(17)15(20)19-8-6-13(7-9-19)18-14-5-3-4-12(10-14)16(21)22-2;/h3-5,10-11,13,18H,6-9,17H2,1-2H3;1H. The molecule has 7 heteroatoms. The van der Waals surface area contributed by atoms with Crippen LogP contribution in [0.5, 0.6) is 0 Å². The molecule has 1 fully saturated rings. The molecule has 1 aromatic carbocycles. The number of piperidine rings is 1. The van der Waals surface area contributed by atoms with Crippen LogP contribution in [0.2, 0.25) is 0 Å². The number of carbonyl (C=O) groups is 2. The molecule has 2 rings (SSSR count). The molecule has 1 heterocycles. The number of esters is 1. The van der Waals surface area contributed by atoms with Crippen molar-refractivity contribution in [1.82, 2.24) is 4.90 Å². The van der Waals surface area contributed by atoms with E-state index in [1.54, 1.807) is 19.1 Å². The van der Waals surface area contributed by atoms with Gasteiger partial charge in [-0.2, -0.15) is 0 Å². The number of hydrogen-bond acceptors (Lipinski definition) is 5. The molecule has 1 saturated heterocycles. The van der Waals surface area contributed by atoms with Crippen molar-refractivity contribution in [3.05, 3.63) is 29.8 Å². The van der Waals surface area contributed by atoms with E-state index in [9.17, 15) is 9.59 Å². The van der Waals surface area contributed by atoms with E-state index in [-0.39, 0.29) is 30.3 Å². The van der Waals surface area contributed by atoms with Gasteiger partial charge in [-0.25, -0.2) is 4.79 Å². The second-order valence-electron chi connectivity index (χ2n) is 5.60. The van der Waals surface area contributed by atoms with Crippen LogP contribution in [0, 0.1) is 0 Å². The molecule has 0 spiro atoms. The van der Waals surface area contributed by atoms with E-state index >= 15 is 0 Å². The number of halogens is 1. The van der Waals surface area contributed by atoms with Crippen molar-refractivity contribution >= 4 is 30.0 Å². The zero-order chi connectivity index (χ0) is 16.1. The molecule has 0 radical (unpaired) electrons. The first-order valence-corrected chi connectivity index (χ1v) is 7.50. The van der Waals surface area contributed by atoms with Crippen molar-refractivity contribution in [1.29, 1.82) is 0 Å². The van der Waals surface area contributed by atoms with Gasteiger partial charge in [0, 0.05) is 24.8 Å². The van der Waals surface area contributed by atoms with Crippen molar-refractivity contribution in [2.45, 2.75) is 31.8 Å². The molecule has 0 saturated carbocycles. The highest BCUT2D eigenvalue weighted by Gasteiger charge is 2.24. The molecule has 1 amide bonds. The summed E-state index contributed by atoms with van der Waals surface area (Å²) >= 11 is 0. The quantitative estimate of drug-likeness (QED) is 0.813. The molecule has 23 heavy (non-hydrogen) atoms. The summed E-state index contributed by atoms with van der Waals surface area (Å²) in [4.78, 5) is 25.2. The van der Waals surface area contributed by atoms with Crippen LogP contribution < -0.4 is 11.1 Å². The second-order valence-corrected chi connectivity index (χ2v) is 5.60. The van der Waals surface area contributed by atoms with Gasteiger partial charge in [0.2, 0.25) is 5.91 Å². The van der Waals surface area contributed by atoms with Crippen LogP contribution in [0.25, 0.3) is 0 Å². The van der Waals surface area contributed by atoms with Crippen LogP contribution >= 0.6 is 12.4 Å². The van der Waals surface area contributed by atoms with E-state index in [4.69, 9.17) is 10.5 Å². The Morgan fingerprint density at radius 2 is 2.00 bits per heavy atom. The average Bonchev–Trinajstić information content (AvgIpc) is 2.54. The highest BCUT2D eigenvalue weighted by Crippen LogP contribution is 2.18. The van der Waals surface area contributed by atoms with Crippen molar-refractivity contribution in [2.24, 2.45) is 5.73 Å². The van der Waals surface area contributed by atoms with Crippen molar-refractivity contribution in [3.8, 4) is 0 Å². The van der Waals surface area contributed by atoms with E-state index in [2.05, 4.69) is 5.32 Å². The maximum Gasteiger partial charge on any atom is 0.337 e. The third-order valence-electron chi connectivity index (χ3n) is 3.85. The van der Waals surface area contributed by atoms with Gasteiger partial charge in [-0.3, -0.25) is 4.79 Å². The van der Waals surface area contributed by atoms with Crippen molar-refractivity contribution < 1.29 is 14.3 Å². The fourth-order valence-corrected chi connectivity index (χ4v) is 2.62. The molecule has 1 unspecified atom stereocenters. The fraction of sp³-hybridized carbons (Fsp3) is 0.500. The maximum atomic E-state index is 11.8. The monoisotopic (exact) mass is 341 g/mol. The summed E-state index contributed by atoms with van der Waals surface area (Å²) in [6.45, 7) is 3.12. The maximum absolute atomic E-state index is 11.8. The molecular formula is C16H24ClN3O3. The fourth-order valence-electron chi connectivity index (χ4n) is 2.62. The van der Waals surface area contributed by atoms with Crippen LogP contribution in [-0.4, -0.2) is 49.1 Å². The van der Waals surface area contributed by atoms with Gasteiger partial charge in [0.25, 0.3) is 0 Å². The van der Waals surface area contributed by atoms with Gasteiger partial charge in [-0.15, -0.1) is 12.4 Å². The zero-order valence-electron chi connectivity index (χ0n) is 13.5. The Morgan fingerprint density at radius 1 is 1.35 bits per heavy atom. The van der Waals surface area contributed by atoms with E-state index < -0.39 is 6.04 Å². The van der Waals surface area contributed by atoms with Gasteiger partial charge >= 0.3 is 5.97 Å². The van der Waals surface area contributed by atoms with Crippen molar-refractivity contribution in [3.63, 3.8) is 0 Å². The highest BCUT2D eigenvalue weighted by molar-refractivity contribution is 5.90. The summed E-state index contributed by atoms with van der Waals surface area (Å²) in [7, 11) is 1.37. The summed E-state index contributed by atoms with van der Waals surface area (Å²) in [5.41, 5.74) is 7.05. The first-order chi connectivity index (χ1) is 10.5. The Hall–Kier alpha value is -1.79. The third kappa shape index (κ3) is 5.11. The lowest BCUT2D eigenvalue weighted by Gasteiger charge is -2.33. The summed E-state index contributed by atoms with van der Waals surface area (Å²) in [5.74, 6) is -0.341. The number of benzene rings is 1. The minimum Gasteiger partial charge on any atom is -0.465 e. The lowest BCUT2D eigenvalue weighted by atomic mass is 10.0. The minimum absolute atomic E-state index is 0. The van der Waals surface area contributed by atoms with Gasteiger partial charge in [0.05, 0.1) is 18.7 Å². The minimum atomic E-state index is -0.443. The highest BCUT2D eigenvalue weighted by atomic mass is 35.5. The Labute approximate surface area is 142 Å². The molecule has 0 aliphatic carbocycles. The van der Waals surface area contributed by atoms with E-state index in [0.29, 0.717) is 18.7 Å². The lowest BCUT2D eigenvalue weighted by Crippen LogP contribution is -2.48. The van der Waals surface area contributed by atoms with Gasteiger partial charge in [0.1, 0.15) is 0 Å². The predicted octanol–water partition coefficient (Wildman–Crippen LogP) is 1.65. The predicted molar refractivity (Wildman–Crippen MR) is 91.9 cm³/mol. The molecule has 128 valence electrons. The molecule has 0 bridgehead atoms. The molecule has 6 nitrogen and oxygen atoms in total. The first-order valence-electron chi connectivity index (χ1n) is 7.50. The lowest BCUT2D eigenvalue weighted by molar-refractivity contribution is -0.133. The molecule has 1 aliphatic heterocycles. The smallest absolute Gasteiger partial charge is 0.337 e. The number of carbonyl (C=O) groups excluding carboxylic acids is 2. The first kappa shape index (κ1) is 19.3. The molecular weight excluding hydrogens is 318 g/mol. The van der Waals surface area contributed by atoms with Gasteiger partial charge in [-0.05, 0) is 38.0 Å². The Kier molecular flexibility index (Phi) is 7.32. The van der Waals surface area contributed by atoms with Crippen molar-refractivity contribution in [2.75, 3.05) is 25.5 Å². The number of nitrogens with two attached hydrogens (primary N) is 1. The number of likely N-dealkylation sites (tertiary alicyclic amines) is 1. The molecule has 1 atom stereocenters. The zero-order valence-corrected chi connectivity index (χ0v) is 14.3. The number of nitrogens with one attached hydrogen (secondary N) is 1. The van der Waals surface area contributed by atoms with Gasteiger partial charge in [0.15, 0.2) is 0 Å². The molecule has 3 N–H and O–H groups in total. The van der Waals surface area contributed by atoms with Gasteiger partial charge in [-0.1, -0.05) is 6.07 Å². The van der Waals surface area contributed by atoms with Crippen LogP contribution in [0.3, 0.4) is 0 Å². The molecule has 1 aromatic rings. The topological polar surface area (TPSA) is 84.7 Å². The van der Waals surface area contributed by atoms with E-state index in [0.717, 1.165) is 18.5 Å². The number of hydrogen-bond donors (Lipinski definition) is 2. The number of rotatable bonds is 4. The molecule has 1 aliphatic rings. The Balaban J connectivity index is 0.00000264. The molecule has 0 aromatic heterocycles. The van der Waals surface area contributed by atoms with E-state index in [1.165, 1.54) is 7.11 Å². The summed E-state index contributed by atoms with van der Waals surface area (Å²) in [6, 6.07) is 7.09. The number of methoxy groups -OCH3 is 1. The average molecular weight is 342 g/mol. The summed E-state index contributed by atoms with van der Waals surface area (Å²) in [5, 5.41) is 3.41. The SMILES string of the molecule is COC(=O)c1cccc(NC2CCN(C(=O)C(C)N)CC2)c1.Cl. The van der Waals surface area contributed by atoms with E-state index in [1.807, 2.05) is 17.0 Å². The Morgan fingerprint density at radius 3 is 2.57 bits per heavy atom. The van der Waals surface area contributed by atoms with Crippen LogP contribution in [0.15, 0.2) is 24.3 Å². The number of ether oxygens (including phenoxy) is 1. The number of nitrogens with zero attached hydrogens (tertiary/aromatic N) is 1. The van der Waals surface area contributed by atoms with Crippen LogP contribution in [0.4, 0.5) is 5.69 Å². The third-order valence-corrected chi connectivity index (χ3v) is 3.85. The largest absolute Gasteiger partial charge is 0.465 e.